The summed E-state index contributed by atoms with van der Waals surface area (Å²) >= 11 is 1.47. The Hall–Kier alpha value is -2.37. The maximum Gasteiger partial charge on any atom is 0.243 e. The van der Waals surface area contributed by atoms with Gasteiger partial charge in [-0.3, -0.25) is 9.59 Å². The van der Waals surface area contributed by atoms with Crippen molar-refractivity contribution in [3.8, 4) is 0 Å². The molecule has 0 aliphatic carbocycles. The number of amides is 2. The minimum Gasteiger partial charge on any atom is -0.339 e. The molecule has 2 aliphatic rings. The lowest BCUT2D eigenvalue weighted by Gasteiger charge is -2.38. The van der Waals surface area contributed by atoms with Crippen molar-refractivity contribution >= 4 is 33.2 Å². The number of aryl methyl sites for hydroxylation is 1. The molecule has 4 rings (SSSR count). The molecule has 0 saturated carbocycles. The van der Waals surface area contributed by atoms with E-state index in [1.807, 2.05) is 12.3 Å². The van der Waals surface area contributed by atoms with Crippen LogP contribution in [0.5, 0.6) is 0 Å². The highest BCUT2D eigenvalue weighted by atomic mass is 32.2. The number of sulfonamides is 1. The minimum absolute atomic E-state index is 0.00526. The SMILES string of the molecule is Cc1csc(CC(=O)N2CCN(C(=O)[C@H]3CCCN(S(=O)(=O)c4ccc(F)cc4)C3)CC2)n1. The normalized spacial score (nSPS) is 20.1. The number of hydrogen-bond acceptors (Lipinski definition) is 6. The first-order valence-electron chi connectivity index (χ1n) is 11.0. The van der Waals surface area contributed by atoms with E-state index in [0.29, 0.717) is 45.6 Å². The van der Waals surface area contributed by atoms with Crippen LogP contribution in [0.15, 0.2) is 34.5 Å². The Balaban J connectivity index is 1.33. The van der Waals surface area contributed by atoms with Gasteiger partial charge in [0.1, 0.15) is 10.8 Å². The van der Waals surface area contributed by atoms with Gasteiger partial charge in [0.25, 0.3) is 0 Å². The predicted molar refractivity (Wildman–Crippen MR) is 122 cm³/mol. The molecular formula is C22H27FN4O4S2. The summed E-state index contributed by atoms with van der Waals surface area (Å²) in [5, 5.41) is 2.71. The molecule has 3 heterocycles. The molecule has 0 N–H and O–H groups in total. The van der Waals surface area contributed by atoms with Gasteiger partial charge >= 0.3 is 0 Å². The van der Waals surface area contributed by atoms with Crippen LogP contribution in [0.3, 0.4) is 0 Å². The average molecular weight is 495 g/mol. The average Bonchev–Trinajstić information content (AvgIpc) is 3.23. The molecule has 2 fully saturated rings. The van der Waals surface area contributed by atoms with Gasteiger partial charge in [-0.05, 0) is 44.0 Å². The van der Waals surface area contributed by atoms with Crippen molar-refractivity contribution < 1.29 is 22.4 Å². The molecule has 11 heteroatoms. The molecule has 2 amide bonds. The number of piperazine rings is 1. The summed E-state index contributed by atoms with van der Waals surface area (Å²) in [7, 11) is -3.79. The molecular weight excluding hydrogens is 467 g/mol. The van der Waals surface area contributed by atoms with Crippen LogP contribution in [-0.4, -0.2) is 78.6 Å². The molecule has 0 bridgehead atoms. The van der Waals surface area contributed by atoms with Crippen LogP contribution in [0.2, 0.25) is 0 Å². The van der Waals surface area contributed by atoms with E-state index >= 15 is 0 Å². The summed E-state index contributed by atoms with van der Waals surface area (Å²) in [5.41, 5.74) is 0.904. The highest BCUT2D eigenvalue weighted by Crippen LogP contribution is 2.25. The second kappa shape index (κ2) is 9.86. The van der Waals surface area contributed by atoms with E-state index in [-0.39, 0.29) is 29.7 Å². The molecule has 2 aromatic rings. The number of halogens is 1. The Morgan fingerprint density at radius 1 is 1.09 bits per heavy atom. The van der Waals surface area contributed by atoms with Gasteiger partial charge in [0.05, 0.1) is 17.2 Å². The maximum atomic E-state index is 13.2. The van der Waals surface area contributed by atoms with Crippen molar-refractivity contribution in [1.82, 2.24) is 19.1 Å². The standard InChI is InChI=1S/C22H27FN4O4S2/c1-16-15-32-20(24-16)13-21(28)25-9-11-26(12-10-25)22(29)17-3-2-8-27(14-17)33(30,31)19-6-4-18(23)5-7-19/h4-7,15,17H,2-3,8-14H2,1H3/t17-/m0/s1. The van der Waals surface area contributed by atoms with E-state index in [9.17, 15) is 22.4 Å². The predicted octanol–water partition coefficient (Wildman–Crippen LogP) is 1.90. The van der Waals surface area contributed by atoms with E-state index in [2.05, 4.69) is 4.98 Å². The Labute approximate surface area is 197 Å². The van der Waals surface area contributed by atoms with Gasteiger partial charge in [0.15, 0.2) is 0 Å². The van der Waals surface area contributed by atoms with Gasteiger partial charge < -0.3 is 9.80 Å². The maximum absolute atomic E-state index is 13.2. The second-order valence-corrected chi connectivity index (χ2v) is 11.3. The van der Waals surface area contributed by atoms with Gasteiger partial charge in [0, 0.05) is 50.3 Å². The van der Waals surface area contributed by atoms with Crippen molar-refractivity contribution in [2.24, 2.45) is 5.92 Å². The van der Waals surface area contributed by atoms with Gasteiger partial charge in [-0.1, -0.05) is 0 Å². The van der Waals surface area contributed by atoms with Crippen molar-refractivity contribution in [3.05, 3.63) is 46.2 Å². The Morgan fingerprint density at radius 2 is 1.76 bits per heavy atom. The quantitative estimate of drug-likeness (QED) is 0.633. The molecule has 1 atom stereocenters. The number of benzene rings is 1. The fraction of sp³-hybridized carbons (Fsp3) is 0.500. The minimum atomic E-state index is -3.79. The Bertz CT molecular complexity index is 1110. The van der Waals surface area contributed by atoms with Crippen molar-refractivity contribution in [2.75, 3.05) is 39.3 Å². The zero-order valence-electron chi connectivity index (χ0n) is 18.4. The number of aromatic nitrogens is 1. The molecule has 2 saturated heterocycles. The zero-order valence-corrected chi connectivity index (χ0v) is 20.1. The molecule has 1 aromatic heterocycles. The number of carbonyl (C=O) groups is 2. The molecule has 0 radical (unpaired) electrons. The van der Waals surface area contributed by atoms with Crippen LogP contribution in [0, 0.1) is 18.7 Å². The number of thiazole rings is 1. The Morgan fingerprint density at radius 3 is 2.39 bits per heavy atom. The fourth-order valence-electron chi connectivity index (χ4n) is 4.28. The smallest absolute Gasteiger partial charge is 0.243 e. The van der Waals surface area contributed by atoms with E-state index in [4.69, 9.17) is 0 Å². The summed E-state index contributed by atoms with van der Waals surface area (Å²) in [6, 6.07) is 4.74. The first kappa shape index (κ1) is 23.8. The lowest BCUT2D eigenvalue weighted by molar-refractivity contribution is -0.142. The van der Waals surface area contributed by atoms with Crippen molar-refractivity contribution in [3.63, 3.8) is 0 Å². The fourth-order valence-corrected chi connectivity index (χ4v) is 6.56. The lowest BCUT2D eigenvalue weighted by atomic mass is 9.97. The summed E-state index contributed by atoms with van der Waals surface area (Å²) < 4.78 is 40.4. The Kier molecular flexibility index (Phi) is 7.10. The molecule has 33 heavy (non-hydrogen) atoms. The second-order valence-electron chi connectivity index (χ2n) is 8.42. The third-order valence-corrected chi connectivity index (χ3v) is 8.94. The van der Waals surface area contributed by atoms with Gasteiger partial charge in [0.2, 0.25) is 21.8 Å². The highest BCUT2D eigenvalue weighted by Gasteiger charge is 2.36. The summed E-state index contributed by atoms with van der Waals surface area (Å²) in [5.74, 6) is -0.989. The van der Waals surface area contributed by atoms with Crippen LogP contribution in [0.25, 0.3) is 0 Å². The van der Waals surface area contributed by atoms with Crippen LogP contribution in [-0.2, 0) is 26.0 Å². The number of nitrogens with zero attached hydrogens (tertiary/aromatic N) is 4. The number of carbonyl (C=O) groups excluding carboxylic acids is 2. The third-order valence-electron chi connectivity index (χ3n) is 6.10. The van der Waals surface area contributed by atoms with Crippen LogP contribution < -0.4 is 0 Å². The monoisotopic (exact) mass is 494 g/mol. The van der Waals surface area contributed by atoms with E-state index in [1.165, 1.54) is 27.8 Å². The van der Waals surface area contributed by atoms with E-state index < -0.39 is 21.8 Å². The van der Waals surface area contributed by atoms with E-state index in [1.54, 1.807) is 9.80 Å². The van der Waals surface area contributed by atoms with Crippen molar-refractivity contribution in [1.29, 1.82) is 0 Å². The molecule has 0 unspecified atom stereocenters. The molecule has 0 spiro atoms. The third kappa shape index (κ3) is 5.42. The topological polar surface area (TPSA) is 90.9 Å². The number of rotatable bonds is 5. The van der Waals surface area contributed by atoms with E-state index in [0.717, 1.165) is 22.8 Å². The molecule has 2 aliphatic heterocycles. The van der Waals surface area contributed by atoms with Gasteiger partial charge in [-0.15, -0.1) is 11.3 Å². The van der Waals surface area contributed by atoms with Gasteiger partial charge in [-0.25, -0.2) is 17.8 Å². The molecule has 8 nitrogen and oxygen atoms in total. The summed E-state index contributed by atoms with van der Waals surface area (Å²) in [6.45, 7) is 4.12. The highest BCUT2D eigenvalue weighted by molar-refractivity contribution is 7.89. The lowest BCUT2D eigenvalue weighted by Crippen LogP contribution is -2.54. The number of piperidine rings is 1. The van der Waals surface area contributed by atoms with Gasteiger partial charge in [-0.2, -0.15) is 4.31 Å². The molecule has 178 valence electrons. The first-order chi connectivity index (χ1) is 15.7. The summed E-state index contributed by atoms with van der Waals surface area (Å²) in [4.78, 5) is 33.5. The molecule has 1 aromatic carbocycles. The zero-order chi connectivity index (χ0) is 23.6. The van der Waals surface area contributed by atoms with Crippen LogP contribution in [0.1, 0.15) is 23.5 Å². The van der Waals surface area contributed by atoms with Crippen LogP contribution in [0.4, 0.5) is 4.39 Å². The largest absolute Gasteiger partial charge is 0.339 e. The van der Waals surface area contributed by atoms with Crippen molar-refractivity contribution in [2.45, 2.75) is 31.1 Å². The van der Waals surface area contributed by atoms with Crippen LogP contribution >= 0.6 is 11.3 Å². The number of hydrogen-bond donors (Lipinski definition) is 0. The summed E-state index contributed by atoms with van der Waals surface area (Å²) in [6.07, 6.45) is 1.48. The first-order valence-corrected chi connectivity index (χ1v) is 13.3.